The van der Waals surface area contributed by atoms with E-state index < -0.39 is 4.92 Å². The zero-order chi connectivity index (χ0) is 13.8. The van der Waals surface area contributed by atoms with E-state index in [1.165, 1.54) is 12.1 Å². The van der Waals surface area contributed by atoms with Gasteiger partial charge in [-0.25, -0.2) is 0 Å². The molecule has 2 rings (SSSR count). The quantitative estimate of drug-likeness (QED) is 0.634. The summed E-state index contributed by atoms with van der Waals surface area (Å²) in [5, 5.41) is 13.7. The van der Waals surface area contributed by atoms with Crippen molar-refractivity contribution in [2.24, 2.45) is 0 Å². The molecule has 6 nitrogen and oxygen atoms in total. The van der Waals surface area contributed by atoms with Gasteiger partial charge in [-0.2, -0.15) is 0 Å². The molecule has 1 amide bonds. The number of carbonyl (C=O) groups is 1. The molecule has 1 aromatic carbocycles. The highest BCUT2D eigenvalue weighted by Gasteiger charge is 2.27. The third-order valence-electron chi connectivity index (χ3n) is 3.38. The normalized spacial score (nSPS) is 18.9. The summed E-state index contributed by atoms with van der Waals surface area (Å²) in [6.07, 6.45) is 1.60. The van der Waals surface area contributed by atoms with Crippen molar-refractivity contribution in [2.75, 3.05) is 20.1 Å². The van der Waals surface area contributed by atoms with Crippen molar-refractivity contribution >= 4 is 11.6 Å². The smallest absolute Gasteiger partial charge is 0.269 e. The number of benzene rings is 1. The lowest BCUT2D eigenvalue weighted by Crippen LogP contribution is -2.37. The molecule has 1 saturated heterocycles. The molecule has 1 N–H and O–H groups in total. The second kappa shape index (κ2) is 5.79. The van der Waals surface area contributed by atoms with Crippen LogP contribution >= 0.6 is 0 Å². The average molecular weight is 263 g/mol. The van der Waals surface area contributed by atoms with Gasteiger partial charge < -0.3 is 10.2 Å². The molecule has 1 unspecified atom stereocenters. The van der Waals surface area contributed by atoms with E-state index in [0.717, 1.165) is 24.9 Å². The van der Waals surface area contributed by atoms with Crippen LogP contribution in [0.5, 0.6) is 0 Å². The molecule has 1 heterocycles. The van der Waals surface area contributed by atoms with E-state index in [-0.39, 0.29) is 17.6 Å². The topological polar surface area (TPSA) is 75.5 Å². The Hall–Kier alpha value is -1.95. The Bertz CT molecular complexity index is 473. The number of carbonyl (C=O) groups excluding carboxylic acids is 1. The summed E-state index contributed by atoms with van der Waals surface area (Å²) in [5.74, 6) is 0.142. The molecule has 0 radical (unpaired) electrons. The Morgan fingerprint density at radius 1 is 1.42 bits per heavy atom. The zero-order valence-electron chi connectivity index (χ0n) is 10.8. The summed E-state index contributed by atoms with van der Waals surface area (Å²) in [6.45, 7) is 1.50. The maximum atomic E-state index is 11.7. The van der Waals surface area contributed by atoms with Crippen molar-refractivity contribution in [3.63, 3.8) is 0 Å². The number of nitrogens with one attached hydrogen (secondary N) is 1. The van der Waals surface area contributed by atoms with Gasteiger partial charge in [0.25, 0.3) is 5.69 Å². The summed E-state index contributed by atoms with van der Waals surface area (Å²) in [7, 11) is 1.81. The number of nitrogens with zero attached hydrogens (tertiary/aromatic N) is 2. The minimum absolute atomic E-state index is 0.0805. The summed E-state index contributed by atoms with van der Waals surface area (Å²) in [6, 6.07) is 6.43. The standard InChI is InChI=1S/C13H17N3O3/c1-15-9-7-12(13(15)17)14-8-6-10-2-4-11(5-3-10)16(18)19/h2-5,12,14H,6-9H2,1H3. The van der Waals surface area contributed by atoms with Crippen molar-refractivity contribution in [2.45, 2.75) is 18.9 Å². The third-order valence-corrected chi connectivity index (χ3v) is 3.38. The van der Waals surface area contributed by atoms with Crippen LogP contribution < -0.4 is 5.32 Å². The first-order chi connectivity index (χ1) is 9.08. The zero-order valence-corrected chi connectivity index (χ0v) is 10.8. The number of hydrogen-bond donors (Lipinski definition) is 1. The van der Waals surface area contributed by atoms with E-state index in [9.17, 15) is 14.9 Å². The summed E-state index contributed by atoms with van der Waals surface area (Å²) < 4.78 is 0. The van der Waals surface area contributed by atoms with E-state index in [2.05, 4.69) is 5.32 Å². The van der Waals surface area contributed by atoms with E-state index in [1.807, 2.05) is 0 Å². The number of hydrogen-bond acceptors (Lipinski definition) is 4. The van der Waals surface area contributed by atoms with Gasteiger partial charge in [0.15, 0.2) is 0 Å². The number of nitro benzene ring substituents is 1. The van der Waals surface area contributed by atoms with Gasteiger partial charge in [-0.1, -0.05) is 12.1 Å². The molecular weight excluding hydrogens is 246 g/mol. The molecule has 1 aliphatic heterocycles. The number of non-ortho nitro benzene ring substituents is 1. The number of nitro groups is 1. The first-order valence-electron chi connectivity index (χ1n) is 6.29. The number of amides is 1. The average Bonchev–Trinajstić information content (AvgIpc) is 2.71. The largest absolute Gasteiger partial charge is 0.344 e. The monoisotopic (exact) mass is 263 g/mol. The minimum Gasteiger partial charge on any atom is -0.344 e. The van der Waals surface area contributed by atoms with Crippen molar-refractivity contribution in [3.05, 3.63) is 39.9 Å². The van der Waals surface area contributed by atoms with Crippen molar-refractivity contribution in [1.29, 1.82) is 0 Å². The Morgan fingerprint density at radius 2 is 2.11 bits per heavy atom. The molecule has 6 heteroatoms. The predicted octanol–water partition coefficient (Wildman–Crippen LogP) is 0.958. The molecule has 0 bridgehead atoms. The van der Waals surface area contributed by atoms with E-state index in [4.69, 9.17) is 0 Å². The van der Waals surface area contributed by atoms with Crippen LogP contribution in [0.15, 0.2) is 24.3 Å². The Labute approximate surface area is 111 Å². The molecule has 1 aliphatic rings. The fourth-order valence-corrected chi connectivity index (χ4v) is 2.19. The summed E-state index contributed by atoms with van der Waals surface area (Å²) in [4.78, 5) is 23.5. The lowest BCUT2D eigenvalue weighted by atomic mass is 10.1. The van der Waals surface area contributed by atoms with Crippen LogP contribution in [0.1, 0.15) is 12.0 Å². The minimum atomic E-state index is -0.408. The van der Waals surface area contributed by atoms with Crippen molar-refractivity contribution in [1.82, 2.24) is 10.2 Å². The van der Waals surface area contributed by atoms with Crippen molar-refractivity contribution in [3.8, 4) is 0 Å². The maximum absolute atomic E-state index is 11.7. The van der Waals surface area contributed by atoms with Gasteiger partial charge in [0, 0.05) is 25.7 Å². The van der Waals surface area contributed by atoms with E-state index in [1.54, 1.807) is 24.1 Å². The molecule has 19 heavy (non-hydrogen) atoms. The van der Waals surface area contributed by atoms with E-state index in [0.29, 0.717) is 6.54 Å². The molecule has 0 saturated carbocycles. The Morgan fingerprint density at radius 3 is 2.63 bits per heavy atom. The van der Waals surface area contributed by atoms with Crippen LogP contribution in [0, 0.1) is 10.1 Å². The van der Waals surface area contributed by atoms with Crippen LogP contribution in [0.25, 0.3) is 0 Å². The first kappa shape index (κ1) is 13.5. The molecule has 1 fully saturated rings. The number of likely N-dealkylation sites (N-methyl/N-ethyl adjacent to an activating group) is 1. The van der Waals surface area contributed by atoms with Crippen LogP contribution in [-0.4, -0.2) is 41.9 Å². The summed E-state index contributed by atoms with van der Waals surface area (Å²) >= 11 is 0. The second-order valence-electron chi connectivity index (χ2n) is 4.73. The first-order valence-corrected chi connectivity index (χ1v) is 6.29. The van der Waals surface area contributed by atoms with E-state index >= 15 is 0 Å². The predicted molar refractivity (Wildman–Crippen MR) is 70.8 cm³/mol. The molecule has 0 spiro atoms. The van der Waals surface area contributed by atoms with Gasteiger partial charge in [-0.05, 0) is 24.9 Å². The second-order valence-corrected chi connectivity index (χ2v) is 4.73. The van der Waals surface area contributed by atoms with Crippen LogP contribution in [0.3, 0.4) is 0 Å². The van der Waals surface area contributed by atoms with Gasteiger partial charge in [0.2, 0.25) is 5.91 Å². The highest BCUT2D eigenvalue weighted by molar-refractivity contribution is 5.83. The SMILES string of the molecule is CN1CCC(NCCc2ccc([N+](=O)[O-])cc2)C1=O. The highest BCUT2D eigenvalue weighted by Crippen LogP contribution is 2.12. The van der Waals surface area contributed by atoms with Gasteiger partial charge in [0.1, 0.15) is 0 Å². The number of likely N-dealkylation sites (tertiary alicyclic amines) is 1. The van der Waals surface area contributed by atoms with Gasteiger partial charge in [0.05, 0.1) is 11.0 Å². The van der Waals surface area contributed by atoms with Gasteiger partial charge in [-0.15, -0.1) is 0 Å². The lowest BCUT2D eigenvalue weighted by molar-refractivity contribution is -0.384. The molecule has 0 aliphatic carbocycles. The molecule has 0 aromatic heterocycles. The van der Waals surface area contributed by atoms with Gasteiger partial charge in [-0.3, -0.25) is 14.9 Å². The molecular formula is C13H17N3O3. The van der Waals surface area contributed by atoms with Crippen molar-refractivity contribution < 1.29 is 9.72 Å². The Kier molecular flexibility index (Phi) is 4.11. The molecule has 1 aromatic rings. The third kappa shape index (κ3) is 3.29. The number of rotatable bonds is 5. The molecule has 102 valence electrons. The van der Waals surface area contributed by atoms with Crippen LogP contribution in [0.4, 0.5) is 5.69 Å². The fourth-order valence-electron chi connectivity index (χ4n) is 2.19. The van der Waals surface area contributed by atoms with Gasteiger partial charge >= 0.3 is 0 Å². The maximum Gasteiger partial charge on any atom is 0.269 e. The highest BCUT2D eigenvalue weighted by atomic mass is 16.6. The Balaban J connectivity index is 1.80. The lowest BCUT2D eigenvalue weighted by Gasteiger charge is -2.11. The van der Waals surface area contributed by atoms with Crippen LogP contribution in [-0.2, 0) is 11.2 Å². The fraction of sp³-hybridized carbons (Fsp3) is 0.462. The summed E-state index contributed by atoms with van der Waals surface area (Å²) in [5.41, 5.74) is 1.13. The molecule has 1 atom stereocenters. The van der Waals surface area contributed by atoms with Crippen LogP contribution in [0.2, 0.25) is 0 Å².